The average molecular weight is 336 g/mol. The van der Waals surface area contributed by atoms with Crippen LogP contribution in [0.5, 0.6) is 0 Å². The average Bonchev–Trinajstić information content (AvgIpc) is 2.51. The number of halogens is 1. The van der Waals surface area contributed by atoms with Gasteiger partial charge in [-0.1, -0.05) is 26.0 Å². The Bertz CT molecular complexity index is 696. The van der Waals surface area contributed by atoms with Gasteiger partial charge in [-0.3, -0.25) is 19.2 Å². The van der Waals surface area contributed by atoms with E-state index in [4.69, 9.17) is 11.8 Å². The van der Waals surface area contributed by atoms with Crippen LogP contribution in [0.25, 0.3) is 0 Å². The number of Topliss-reactive ketones (excluding diaryl/α,β-unsaturated/α-hetero) is 3. The summed E-state index contributed by atoms with van der Waals surface area (Å²) in [6.07, 6.45) is 0.665. The molecule has 23 heavy (non-hydrogen) atoms. The molecule has 1 saturated carbocycles. The van der Waals surface area contributed by atoms with Crippen LogP contribution in [0.2, 0.25) is 0 Å². The van der Waals surface area contributed by atoms with E-state index in [1.807, 2.05) is 0 Å². The van der Waals surface area contributed by atoms with Gasteiger partial charge in [0.2, 0.25) is 5.91 Å². The van der Waals surface area contributed by atoms with Gasteiger partial charge in [0.05, 0.1) is 5.69 Å². The second-order valence-corrected chi connectivity index (χ2v) is 6.70. The summed E-state index contributed by atoms with van der Waals surface area (Å²) < 4.78 is 0.880. The second kappa shape index (κ2) is 6.24. The lowest BCUT2D eigenvalue weighted by Crippen LogP contribution is -2.44. The van der Waals surface area contributed by atoms with Crippen molar-refractivity contribution in [2.45, 2.75) is 33.6 Å². The summed E-state index contributed by atoms with van der Waals surface area (Å²) in [7, 11) is 0. The first kappa shape index (κ1) is 17.3. The van der Waals surface area contributed by atoms with Crippen LogP contribution in [0.3, 0.4) is 0 Å². The number of amides is 1. The Balaban J connectivity index is 2.36. The summed E-state index contributed by atoms with van der Waals surface area (Å²) in [5.74, 6) is -2.90. The Kier molecular flexibility index (Phi) is 4.71. The molecule has 122 valence electrons. The smallest absolute Gasteiger partial charge is 0.238 e. The molecule has 6 heteroatoms. The minimum atomic E-state index is -1.27. The standard InChI is InChI=1S/C17H18ClNO4/c1-10(20)19(18)12-6-4-5-11(9-12)15(22)14-13(21)7-8-17(2,3)16(14)23/h4-6,9,14H,7-8H2,1-3H3. The maximum absolute atomic E-state index is 12.7. The summed E-state index contributed by atoms with van der Waals surface area (Å²) in [6, 6.07) is 6.06. The van der Waals surface area contributed by atoms with Crippen molar-refractivity contribution in [3.05, 3.63) is 29.8 Å². The lowest BCUT2D eigenvalue weighted by atomic mass is 9.68. The third kappa shape index (κ3) is 3.34. The quantitative estimate of drug-likeness (QED) is 0.483. The lowest BCUT2D eigenvalue weighted by Gasteiger charge is -2.31. The zero-order valence-corrected chi connectivity index (χ0v) is 14.0. The van der Waals surface area contributed by atoms with E-state index in [1.54, 1.807) is 26.0 Å². The molecule has 0 saturated heterocycles. The van der Waals surface area contributed by atoms with Crippen LogP contribution < -0.4 is 4.42 Å². The topological polar surface area (TPSA) is 71.5 Å². The fraction of sp³-hybridized carbons (Fsp3) is 0.412. The van der Waals surface area contributed by atoms with Gasteiger partial charge >= 0.3 is 0 Å². The minimum Gasteiger partial charge on any atom is -0.298 e. The SMILES string of the molecule is CC(=O)N(Cl)c1cccc(C(=O)C2C(=O)CCC(C)(C)C2=O)c1. The highest BCUT2D eigenvalue weighted by atomic mass is 35.5. The molecule has 0 N–H and O–H groups in total. The van der Waals surface area contributed by atoms with E-state index in [-0.39, 0.29) is 23.6 Å². The van der Waals surface area contributed by atoms with E-state index >= 15 is 0 Å². The first-order valence-electron chi connectivity index (χ1n) is 7.33. The minimum absolute atomic E-state index is 0.193. The van der Waals surface area contributed by atoms with E-state index in [0.29, 0.717) is 12.1 Å². The number of carbonyl (C=O) groups is 4. The van der Waals surface area contributed by atoms with Crippen molar-refractivity contribution in [1.29, 1.82) is 0 Å². The molecule has 1 unspecified atom stereocenters. The third-order valence-electron chi connectivity index (χ3n) is 4.14. The number of benzene rings is 1. The highest BCUT2D eigenvalue weighted by Crippen LogP contribution is 2.35. The molecule has 0 bridgehead atoms. The molecule has 1 atom stereocenters. The Morgan fingerprint density at radius 3 is 2.52 bits per heavy atom. The molecule has 1 fully saturated rings. The van der Waals surface area contributed by atoms with Crippen molar-refractivity contribution >= 4 is 40.7 Å². The molecule has 1 aliphatic carbocycles. The molecule has 5 nitrogen and oxygen atoms in total. The van der Waals surface area contributed by atoms with E-state index in [9.17, 15) is 19.2 Å². The Morgan fingerprint density at radius 1 is 1.26 bits per heavy atom. The van der Waals surface area contributed by atoms with Crippen LogP contribution in [0, 0.1) is 11.3 Å². The Hall–Kier alpha value is -2.01. The summed E-state index contributed by atoms with van der Waals surface area (Å²) in [5, 5.41) is 0. The number of hydrogen-bond acceptors (Lipinski definition) is 4. The van der Waals surface area contributed by atoms with Crippen molar-refractivity contribution in [1.82, 2.24) is 0 Å². The fourth-order valence-corrected chi connectivity index (χ4v) is 2.74. The van der Waals surface area contributed by atoms with Crippen LogP contribution >= 0.6 is 11.8 Å². The summed E-state index contributed by atoms with van der Waals surface area (Å²) >= 11 is 5.84. The number of nitrogens with zero attached hydrogens (tertiary/aromatic N) is 1. The van der Waals surface area contributed by atoms with E-state index in [1.165, 1.54) is 19.1 Å². The van der Waals surface area contributed by atoms with Gasteiger partial charge in [0, 0.05) is 36.1 Å². The van der Waals surface area contributed by atoms with E-state index < -0.39 is 23.0 Å². The van der Waals surface area contributed by atoms with Gasteiger partial charge in [-0.2, -0.15) is 0 Å². The Morgan fingerprint density at radius 2 is 1.91 bits per heavy atom. The van der Waals surface area contributed by atoms with Gasteiger partial charge in [0.15, 0.2) is 17.3 Å². The molecule has 2 rings (SSSR count). The molecular formula is C17H18ClNO4. The second-order valence-electron chi connectivity index (χ2n) is 6.36. The molecule has 1 aromatic carbocycles. The number of anilines is 1. The van der Waals surface area contributed by atoms with Gasteiger partial charge < -0.3 is 0 Å². The van der Waals surface area contributed by atoms with Gasteiger partial charge in [-0.25, -0.2) is 4.42 Å². The predicted molar refractivity (Wildman–Crippen MR) is 86.3 cm³/mol. The largest absolute Gasteiger partial charge is 0.298 e. The van der Waals surface area contributed by atoms with Crippen molar-refractivity contribution < 1.29 is 19.2 Å². The number of carbonyl (C=O) groups excluding carboxylic acids is 4. The van der Waals surface area contributed by atoms with Crippen LogP contribution in [0.15, 0.2) is 24.3 Å². The first-order valence-corrected chi connectivity index (χ1v) is 7.67. The zero-order valence-electron chi connectivity index (χ0n) is 13.3. The Labute approximate surface area is 139 Å². The van der Waals surface area contributed by atoms with E-state index in [0.717, 1.165) is 4.42 Å². The molecule has 1 aliphatic rings. The maximum atomic E-state index is 12.7. The predicted octanol–water partition coefficient (Wildman–Crippen LogP) is 2.95. The molecule has 0 radical (unpaired) electrons. The summed E-state index contributed by atoms with van der Waals surface area (Å²) in [6.45, 7) is 4.78. The third-order valence-corrected chi connectivity index (χ3v) is 4.58. The molecule has 0 aliphatic heterocycles. The van der Waals surface area contributed by atoms with Crippen LogP contribution in [0.4, 0.5) is 5.69 Å². The van der Waals surface area contributed by atoms with E-state index in [2.05, 4.69) is 0 Å². The summed E-state index contributed by atoms with van der Waals surface area (Å²) in [5.41, 5.74) is -0.178. The van der Waals surface area contributed by atoms with Gasteiger partial charge in [0.25, 0.3) is 0 Å². The van der Waals surface area contributed by atoms with Gasteiger partial charge in [-0.15, -0.1) is 0 Å². The number of rotatable bonds is 3. The molecule has 1 aromatic rings. The van der Waals surface area contributed by atoms with Crippen molar-refractivity contribution in [2.24, 2.45) is 11.3 Å². The van der Waals surface area contributed by atoms with Gasteiger partial charge in [-0.05, 0) is 18.6 Å². The fourth-order valence-electron chi connectivity index (χ4n) is 2.64. The van der Waals surface area contributed by atoms with Crippen molar-refractivity contribution in [2.75, 3.05) is 4.42 Å². The first-order chi connectivity index (χ1) is 10.6. The van der Waals surface area contributed by atoms with Crippen molar-refractivity contribution in [3.63, 3.8) is 0 Å². The van der Waals surface area contributed by atoms with Crippen LogP contribution in [0.1, 0.15) is 44.0 Å². The monoisotopic (exact) mass is 335 g/mol. The lowest BCUT2D eigenvalue weighted by molar-refractivity contribution is -0.140. The maximum Gasteiger partial charge on any atom is 0.238 e. The molecule has 1 amide bonds. The van der Waals surface area contributed by atoms with Crippen molar-refractivity contribution in [3.8, 4) is 0 Å². The highest BCUT2D eigenvalue weighted by molar-refractivity contribution is 6.36. The molecule has 0 aromatic heterocycles. The normalized spacial score (nSPS) is 20.3. The number of ketones is 3. The molecule has 0 spiro atoms. The number of hydrogen-bond donors (Lipinski definition) is 0. The van der Waals surface area contributed by atoms with Crippen LogP contribution in [-0.4, -0.2) is 23.3 Å². The molecular weight excluding hydrogens is 318 g/mol. The van der Waals surface area contributed by atoms with Crippen LogP contribution in [-0.2, 0) is 14.4 Å². The highest BCUT2D eigenvalue weighted by Gasteiger charge is 2.46. The van der Waals surface area contributed by atoms with Gasteiger partial charge in [0.1, 0.15) is 5.92 Å². The molecule has 0 heterocycles. The zero-order chi connectivity index (χ0) is 17.4. The summed E-state index contributed by atoms with van der Waals surface area (Å²) in [4.78, 5) is 48.6.